The second-order valence-corrected chi connectivity index (χ2v) is 2.69. The first-order chi connectivity index (χ1) is 5.46. The Morgan fingerprint density at radius 1 is 1.67 bits per heavy atom. The lowest BCUT2D eigenvalue weighted by Crippen LogP contribution is -2.34. The second-order valence-electron chi connectivity index (χ2n) is 2.69. The van der Waals surface area contributed by atoms with Crippen molar-refractivity contribution in [1.29, 1.82) is 0 Å². The van der Waals surface area contributed by atoms with Crippen LogP contribution in [0, 0.1) is 0 Å². The van der Waals surface area contributed by atoms with E-state index in [1.165, 1.54) is 0 Å². The highest BCUT2D eigenvalue weighted by atomic mass is 19.3. The summed E-state index contributed by atoms with van der Waals surface area (Å²) in [7, 11) is 0. The zero-order chi connectivity index (χ0) is 9.35. The molecule has 1 unspecified atom stereocenters. The van der Waals surface area contributed by atoms with Gasteiger partial charge in [0.25, 0.3) is 5.92 Å². The number of amides is 1. The average molecular weight is 179 g/mol. The maximum Gasteiger partial charge on any atom is 0.326 e. The number of aliphatic carboxylic acids is 1. The van der Waals surface area contributed by atoms with E-state index in [1.54, 1.807) is 0 Å². The van der Waals surface area contributed by atoms with E-state index in [-0.39, 0.29) is 6.41 Å². The SMILES string of the molecule is O=CN1CC(F)(F)CC1C(=O)O. The van der Waals surface area contributed by atoms with E-state index in [1.807, 2.05) is 0 Å². The Morgan fingerprint density at radius 3 is 2.58 bits per heavy atom. The fraction of sp³-hybridized carbons (Fsp3) is 0.667. The van der Waals surface area contributed by atoms with Crippen LogP contribution in [0.5, 0.6) is 0 Å². The smallest absolute Gasteiger partial charge is 0.326 e. The van der Waals surface area contributed by atoms with Crippen LogP contribution in [0.2, 0.25) is 0 Å². The summed E-state index contributed by atoms with van der Waals surface area (Å²) in [6.07, 6.45) is -0.652. The van der Waals surface area contributed by atoms with Crippen LogP contribution in [0.3, 0.4) is 0 Å². The molecule has 0 aromatic rings. The number of halogens is 2. The summed E-state index contributed by atoms with van der Waals surface area (Å²) in [5.41, 5.74) is 0. The van der Waals surface area contributed by atoms with Crippen molar-refractivity contribution in [3.8, 4) is 0 Å². The van der Waals surface area contributed by atoms with E-state index in [0.717, 1.165) is 0 Å². The van der Waals surface area contributed by atoms with Gasteiger partial charge in [-0.1, -0.05) is 0 Å². The average Bonchev–Trinajstić information content (AvgIpc) is 2.25. The van der Waals surface area contributed by atoms with Crippen molar-refractivity contribution in [1.82, 2.24) is 4.90 Å². The van der Waals surface area contributed by atoms with Crippen LogP contribution in [0.15, 0.2) is 0 Å². The summed E-state index contributed by atoms with van der Waals surface area (Å²) in [6, 6.07) is -1.38. The predicted octanol–water partition coefficient (Wildman–Crippen LogP) is -0.0630. The van der Waals surface area contributed by atoms with Crippen molar-refractivity contribution in [3.63, 3.8) is 0 Å². The molecule has 1 atom stereocenters. The van der Waals surface area contributed by atoms with E-state index in [4.69, 9.17) is 5.11 Å². The summed E-state index contributed by atoms with van der Waals surface area (Å²) < 4.78 is 25.1. The summed E-state index contributed by atoms with van der Waals surface area (Å²) in [4.78, 5) is 21.1. The van der Waals surface area contributed by atoms with Gasteiger partial charge in [0.05, 0.1) is 6.54 Å². The molecule has 0 spiro atoms. The fourth-order valence-electron chi connectivity index (χ4n) is 1.18. The fourth-order valence-corrected chi connectivity index (χ4v) is 1.18. The number of carbonyl (C=O) groups is 2. The molecule has 0 bridgehead atoms. The molecule has 68 valence electrons. The lowest BCUT2D eigenvalue weighted by molar-refractivity contribution is -0.144. The molecule has 1 fully saturated rings. The van der Waals surface area contributed by atoms with Crippen LogP contribution in [-0.2, 0) is 9.59 Å². The minimum absolute atomic E-state index is 0.139. The lowest BCUT2D eigenvalue weighted by Gasteiger charge is -2.13. The Kier molecular flexibility index (Phi) is 1.99. The Morgan fingerprint density at radius 2 is 2.25 bits per heavy atom. The molecule has 0 aliphatic carbocycles. The van der Waals surface area contributed by atoms with Gasteiger partial charge in [-0.15, -0.1) is 0 Å². The van der Waals surface area contributed by atoms with Crippen molar-refractivity contribution in [2.45, 2.75) is 18.4 Å². The maximum atomic E-state index is 12.5. The Bertz CT molecular complexity index is 219. The minimum atomic E-state index is -3.07. The highest BCUT2D eigenvalue weighted by Gasteiger charge is 2.47. The van der Waals surface area contributed by atoms with Gasteiger partial charge < -0.3 is 10.0 Å². The van der Waals surface area contributed by atoms with Crippen molar-refractivity contribution in [2.24, 2.45) is 0 Å². The molecular weight excluding hydrogens is 172 g/mol. The third kappa shape index (κ3) is 1.51. The van der Waals surface area contributed by atoms with Gasteiger partial charge in [0.15, 0.2) is 0 Å². The number of alkyl halides is 2. The van der Waals surface area contributed by atoms with E-state index in [0.29, 0.717) is 4.90 Å². The normalized spacial score (nSPS) is 27.2. The summed E-state index contributed by atoms with van der Waals surface area (Å²) >= 11 is 0. The number of carboxylic acids is 1. The van der Waals surface area contributed by atoms with Gasteiger partial charge in [0.2, 0.25) is 6.41 Å². The molecule has 1 aliphatic rings. The van der Waals surface area contributed by atoms with Crippen molar-refractivity contribution < 1.29 is 23.5 Å². The van der Waals surface area contributed by atoms with Crippen molar-refractivity contribution in [2.75, 3.05) is 6.54 Å². The molecule has 0 saturated carbocycles. The molecule has 12 heavy (non-hydrogen) atoms. The molecule has 1 heterocycles. The number of carboxylic acid groups (broad SMARTS) is 1. The summed E-state index contributed by atoms with van der Waals surface area (Å²) in [5, 5.41) is 8.41. The molecule has 1 rings (SSSR count). The second kappa shape index (κ2) is 2.69. The molecule has 0 aromatic heterocycles. The van der Waals surface area contributed by atoms with Gasteiger partial charge in [0, 0.05) is 6.42 Å². The molecule has 6 heteroatoms. The van der Waals surface area contributed by atoms with Crippen LogP contribution in [0.25, 0.3) is 0 Å². The zero-order valence-corrected chi connectivity index (χ0v) is 6.04. The van der Waals surface area contributed by atoms with Gasteiger partial charge in [-0.05, 0) is 0 Å². The first kappa shape index (κ1) is 8.89. The Hall–Kier alpha value is -1.20. The van der Waals surface area contributed by atoms with Crippen molar-refractivity contribution >= 4 is 12.4 Å². The number of nitrogens with zero attached hydrogens (tertiary/aromatic N) is 1. The number of carbonyl (C=O) groups excluding carboxylic acids is 1. The van der Waals surface area contributed by atoms with Crippen LogP contribution >= 0.6 is 0 Å². The lowest BCUT2D eigenvalue weighted by atomic mass is 10.2. The topological polar surface area (TPSA) is 57.6 Å². The summed E-state index contributed by atoms with van der Waals surface area (Å²) in [5.74, 6) is -4.46. The van der Waals surface area contributed by atoms with E-state index in [2.05, 4.69) is 0 Å². The van der Waals surface area contributed by atoms with Crippen LogP contribution < -0.4 is 0 Å². The molecule has 1 N–H and O–H groups in total. The third-order valence-corrected chi connectivity index (χ3v) is 1.73. The highest BCUT2D eigenvalue weighted by Crippen LogP contribution is 2.30. The first-order valence-corrected chi connectivity index (χ1v) is 3.28. The number of hydrogen-bond acceptors (Lipinski definition) is 2. The van der Waals surface area contributed by atoms with Crippen molar-refractivity contribution in [3.05, 3.63) is 0 Å². The van der Waals surface area contributed by atoms with E-state index in [9.17, 15) is 18.4 Å². The summed E-state index contributed by atoms with van der Waals surface area (Å²) in [6.45, 7) is -0.798. The van der Waals surface area contributed by atoms with Crippen LogP contribution in [0.1, 0.15) is 6.42 Å². The van der Waals surface area contributed by atoms with E-state index < -0.39 is 30.9 Å². The standard InChI is InChI=1S/C6H7F2NO3/c7-6(8)1-4(5(11)12)9(2-6)3-10/h3-4H,1-2H2,(H,11,12). The van der Waals surface area contributed by atoms with Gasteiger partial charge in [-0.2, -0.15) is 0 Å². The molecule has 1 amide bonds. The third-order valence-electron chi connectivity index (χ3n) is 1.73. The van der Waals surface area contributed by atoms with Gasteiger partial charge >= 0.3 is 5.97 Å². The highest BCUT2D eigenvalue weighted by molar-refractivity contribution is 5.77. The molecule has 4 nitrogen and oxygen atoms in total. The van der Waals surface area contributed by atoms with Gasteiger partial charge in [-0.3, -0.25) is 4.79 Å². The molecule has 1 saturated heterocycles. The Labute approximate surface area is 66.8 Å². The van der Waals surface area contributed by atoms with Crippen LogP contribution in [-0.4, -0.2) is 40.9 Å². The van der Waals surface area contributed by atoms with Crippen LogP contribution in [0.4, 0.5) is 8.78 Å². The Balaban J connectivity index is 2.76. The van der Waals surface area contributed by atoms with Gasteiger partial charge in [-0.25, -0.2) is 13.6 Å². The monoisotopic (exact) mass is 179 g/mol. The quantitative estimate of drug-likeness (QED) is 0.604. The predicted molar refractivity (Wildman–Crippen MR) is 33.8 cm³/mol. The molecule has 0 radical (unpaired) electrons. The maximum absolute atomic E-state index is 12.5. The van der Waals surface area contributed by atoms with E-state index >= 15 is 0 Å². The molecule has 0 aromatic carbocycles. The molecule has 1 aliphatic heterocycles. The number of likely N-dealkylation sites (tertiary alicyclic amines) is 1. The zero-order valence-electron chi connectivity index (χ0n) is 6.04. The minimum Gasteiger partial charge on any atom is -0.480 e. The largest absolute Gasteiger partial charge is 0.480 e. The first-order valence-electron chi connectivity index (χ1n) is 3.28. The van der Waals surface area contributed by atoms with Gasteiger partial charge in [0.1, 0.15) is 6.04 Å². The number of hydrogen-bond donors (Lipinski definition) is 1. The number of rotatable bonds is 2. The molecular formula is C6H7F2NO3.